The minimum atomic E-state index is -1.02. The highest BCUT2D eigenvalue weighted by atomic mass is 32.2. The van der Waals surface area contributed by atoms with Crippen LogP contribution in [0.4, 0.5) is 5.69 Å². The highest BCUT2D eigenvalue weighted by Gasteiger charge is 2.32. The number of nitro groups is 1. The molecule has 11 heteroatoms. The van der Waals surface area contributed by atoms with Crippen LogP contribution < -0.4 is 5.32 Å². The molecular formula is C16H15N3O6S2. The molecular weight excluding hydrogens is 394 g/mol. The highest BCUT2D eigenvalue weighted by molar-refractivity contribution is 8.26. The maximum atomic E-state index is 12.5. The number of benzene rings is 1. The van der Waals surface area contributed by atoms with E-state index < -0.39 is 10.9 Å². The van der Waals surface area contributed by atoms with Crippen molar-refractivity contribution in [3.8, 4) is 0 Å². The number of nitrogens with zero attached hydrogens (tertiary/aromatic N) is 2. The molecule has 0 bridgehead atoms. The molecule has 2 rings (SSSR count). The van der Waals surface area contributed by atoms with Crippen LogP contribution in [0.15, 0.2) is 29.2 Å². The molecule has 1 aliphatic rings. The number of non-ortho nitro benzene ring substituents is 1. The van der Waals surface area contributed by atoms with Gasteiger partial charge in [0.2, 0.25) is 5.91 Å². The Morgan fingerprint density at radius 1 is 1.37 bits per heavy atom. The number of carbonyl (C=O) groups is 3. The molecule has 0 radical (unpaired) electrons. The van der Waals surface area contributed by atoms with Crippen LogP contribution in [0, 0.1) is 10.1 Å². The Hall–Kier alpha value is -2.79. The van der Waals surface area contributed by atoms with Gasteiger partial charge in [0.05, 0.1) is 16.2 Å². The maximum Gasteiger partial charge on any atom is 0.305 e. The second-order valence-electron chi connectivity index (χ2n) is 5.43. The summed E-state index contributed by atoms with van der Waals surface area (Å²) in [5.74, 6) is -1.78. The molecule has 0 saturated carbocycles. The molecule has 1 aromatic carbocycles. The first-order valence-corrected chi connectivity index (χ1v) is 8.98. The summed E-state index contributed by atoms with van der Waals surface area (Å²) < 4.78 is 0.287. The highest BCUT2D eigenvalue weighted by Crippen LogP contribution is 2.33. The molecule has 2 amide bonds. The summed E-state index contributed by atoms with van der Waals surface area (Å²) in [7, 11) is 0. The van der Waals surface area contributed by atoms with Crippen LogP contribution in [0.1, 0.15) is 18.4 Å². The summed E-state index contributed by atoms with van der Waals surface area (Å²) in [5.41, 5.74) is 0.411. The van der Waals surface area contributed by atoms with E-state index in [2.05, 4.69) is 5.32 Å². The van der Waals surface area contributed by atoms with E-state index in [-0.39, 0.29) is 47.8 Å². The Balaban J connectivity index is 1.98. The molecule has 1 heterocycles. The van der Waals surface area contributed by atoms with Crippen molar-refractivity contribution in [1.29, 1.82) is 0 Å². The fourth-order valence-electron chi connectivity index (χ4n) is 2.18. The number of carbonyl (C=O) groups excluding carboxylic acids is 2. The van der Waals surface area contributed by atoms with Gasteiger partial charge in [-0.15, -0.1) is 0 Å². The fraction of sp³-hybridized carbons (Fsp3) is 0.250. The number of hydrogen-bond acceptors (Lipinski definition) is 7. The van der Waals surface area contributed by atoms with Gasteiger partial charge in [0.25, 0.3) is 11.6 Å². The number of rotatable bonds is 8. The first-order valence-electron chi connectivity index (χ1n) is 7.76. The number of carboxylic acid groups (broad SMARTS) is 1. The monoisotopic (exact) mass is 409 g/mol. The molecule has 0 spiro atoms. The van der Waals surface area contributed by atoms with Crippen LogP contribution in [0.3, 0.4) is 0 Å². The second kappa shape index (κ2) is 9.24. The lowest BCUT2D eigenvalue weighted by Gasteiger charge is -2.13. The fourth-order valence-corrected chi connectivity index (χ4v) is 3.49. The molecule has 2 N–H and O–H groups in total. The van der Waals surface area contributed by atoms with Gasteiger partial charge in [0.1, 0.15) is 4.32 Å². The van der Waals surface area contributed by atoms with Crippen LogP contribution in [0.25, 0.3) is 6.08 Å². The minimum Gasteiger partial charge on any atom is -0.481 e. The molecule has 0 unspecified atom stereocenters. The van der Waals surface area contributed by atoms with Gasteiger partial charge >= 0.3 is 5.97 Å². The van der Waals surface area contributed by atoms with E-state index in [1.165, 1.54) is 29.2 Å². The number of hydrogen-bond donors (Lipinski definition) is 2. The Labute approximate surface area is 163 Å². The number of nitrogens with one attached hydrogen (secondary N) is 1. The minimum absolute atomic E-state index is 0.0131. The topological polar surface area (TPSA) is 130 Å². The first-order chi connectivity index (χ1) is 12.8. The molecule has 0 aliphatic carbocycles. The Bertz CT molecular complexity index is 839. The maximum absolute atomic E-state index is 12.5. The summed E-state index contributed by atoms with van der Waals surface area (Å²) in [6.45, 7) is 0.0785. The number of amides is 2. The zero-order valence-corrected chi connectivity index (χ0v) is 15.5. The summed E-state index contributed by atoms with van der Waals surface area (Å²) in [6.07, 6.45) is 1.31. The van der Waals surface area contributed by atoms with E-state index in [9.17, 15) is 24.5 Å². The van der Waals surface area contributed by atoms with Crippen LogP contribution in [-0.4, -0.2) is 50.1 Å². The number of thioether (sulfide) groups is 1. The van der Waals surface area contributed by atoms with Crippen LogP contribution in [-0.2, 0) is 14.4 Å². The van der Waals surface area contributed by atoms with Crippen molar-refractivity contribution in [1.82, 2.24) is 10.2 Å². The van der Waals surface area contributed by atoms with Gasteiger partial charge in [-0.25, -0.2) is 0 Å². The third-order valence-corrected chi connectivity index (χ3v) is 4.85. The molecule has 1 aromatic rings. The van der Waals surface area contributed by atoms with E-state index >= 15 is 0 Å². The normalized spacial score (nSPS) is 15.3. The zero-order chi connectivity index (χ0) is 20.0. The first kappa shape index (κ1) is 20.5. The molecule has 1 aliphatic heterocycles. The summed E-state index contributed by atoms with van der Waals surface area (Å²) in [6, 6.07) is 5.86. The number of thiocarbonyl (C=S) groups is 1. The lowest BCUT2D eigenvalue weighted by atomic mass is 10.2. The van der Waals surface area contributed by atoms with Gasteiger partial charge in [-0.3, -0.25) is 29.4 Å². The van der Waals surface area contributed by atoms with E-state index in [4.69, 9.17) is 17.3 Å². The molecule has 142 valence electrons. The van der Waals surface area contributed by atoms with Crippen LogP contribution in [0.2, 0.25) is 0 Å². The summed E-state index contributed by atoms with van der Waals surface area (Å²) in [5, 5.41) is 21.8. The van der Waals surface area contributed by atoms with Crippen LogP contribution in [0.5, 0.6) is 0 Å². The largest absolute Gasteiger partial charge is 0.481 e. The quantitative estimate of drug-likeness (QED) is 0.288. The number of nitro benzene ring substituents is 1. The third kappa shape index (κ3) is 5.86. The van der Waals surface area contributed by atoms with E-state index in [0.717, 1.165) is 11.8 Å². The Morgan fingerprint density at radius 3 is 2.78 bits per heavy atom. The molecule has 1 fully saturated rings. The summed E-state index contributed by atoms with van der Waals surface area (Å²) >= 11 is 6.22. The van der Waals surface area contributed by atoms with Crippen molar-refractivity contribution < 1.29 is 24.4 Å². The lowest BCUT2D eigenvalue weighted by Crippen LogP contribution is -2.34. The predicted octanol–water partition coefficient (Wildman–Crippen LogP) is 1.78. The smallest absolute Gasteiger partial charge is 0.305 e. The Morgan fingerprint density at radius 2 is 2.11 bits per heavy atom. The average molecular weight is 409 g/mol. The van der Waals surface area contributed by atoms with E-state index in [0.29, 0.717) is 10.5 Å². The van der Waals surface area contributed by atoms with Crippen molar-refractivity contribution in [2.45, 2.75) is 12.8 Å². The second-order valence-corrected chi connectivity index (χ2v) is 7.10. The Kier molecular flexibility index (Phi) is 7.02. The lowest BCUT2D eigenvalue weighted by molar-refractivity contribution is -0.384. The van der Waals surface area contributed by atoms with Crippen molar-refractivity contribution in [3.63, 3.8) is 0 Å². The van der Waals surface area contributed by atoms with Crippen molar-refractivity contribution in [2.75, 3.05) is 13.1 Å². The van der Waals surface area contributed by atoms with Crippen molar-refractivity contribution in [2.24, 2.45) is 0 Å². The van der Waals surface area contributed by atoms with Gasteiger partial charge in [0.15, 0.2) is 0 Å². The van der Waals surface area contributed by atoms with Crippen molar-refractivity contribution >= 4 is 57.8 Å². The van der Waals surface area contributed by atoms with E-state index in [1.54, 1.807) is 6.07 Å². The zero-order valence-electron chi connectivity index (χ0n) is 13.9. The number of aliphatic carboxylic acids is 1. The molecule has 9 nitrogen and oxygen atoms in total. The van der Waals surface area contributed by atoms with Gasteiger partial charge in [0, 0.05) is 31.6 Å². The molecule has 1 saturated heterocycles. The van der Waals surface area contributed by atoms with E-state index in [1.807, 2.05) is 0 Å². The van der Waals surface area contributed by atoms with Gasteiger partial charge in [-0.1, -0.05) is 36.1 Å². The average Bonchev–Trinajstić information content (AvgIpc) is 2.86. The predicted molar refractivity (Wildman–Crippen MR) is 103 cm³/mol. The standard InChI is InChI=1S/C16H15N3O6S2/c20-13(17-6-4-14(21)22)5-7-18-15(23)12(27-16(18)26)9-10-2-1-3-11(8-10)19(24)25/h1-3,8-9H,4-7H2,(H,17,20)(H,21,22)/b12-9-. The molecule has 0 atom stereocenters. The SMILES string of the molecule is O=C(O)CCNC(=O)CCN1C(=O)/C(=C/c2cccc([N+](=O)[O-])c2)SC1=S. The van der Waals surface area contributed by atoms with Gasteiger partial charge in [-0.2, -0.15) is 0 Å². The molecule has 27 heavy (non-hydrogen) atoms. The number of carboxylic acids is 1. The van der Waals surface area contributed by atoms with Crippen molar-refractivity contribution in [3.05, 3.63) is 44.8 Å². The van der Waals surface area contributed by atoms with Gasteiger partial charge < -0.3 is 10.4 Å². The molecule has 0 aromatic heterocycles. The van der Waals surface area contributed by atoms with Gasteiger partial charge in [-0.05, 0) is 11.6 Å². The third-order valence-electron chi connectivity index (χ3n) is 3.48. The summed E-state index contributed by atoms with van der Waals surface area (Å²) in [4.78, 5) is 46.5. The van der Waals surface area contributed by atoms with Crippen LogP contribution >= 0.6 is 24.0 Å².